The van der Waals surface area contributed by atoms with Crippen LogP contribution < -0.4 is 16.6 Å². The number of amides is 1. The summed E-state index contributed by atoms with van der Waals surface area (Å²) in [6, 6.07) is 4.32. The van der Waals surface area contributed by atoms with E-state index in [9.17, 15) is 24.6 Å². The van der Waals surface area contributed by atoms with Gasteiger partial charge in [0.25, 0.3) is 11.5 Å². The number of rotatable bonds is 8. The average molecular weight is 467 g/mol. The van der Waals surface area contributed by atoms with Gasteiger partial charge in [0.2, 0.25) is 0 Å². The summed E-state index contributed by atoms with van der Waals surface area (Å²) in [5.41, 5.74) is -2.06. The number of hydrogen-bond acceptors (Lipinski definition) is 7. The van der Waals surface area contributed by atoms with Crippen molar-refractivity contribution in [1.82, 2.24) is 19.7 Å². The number of benzene rings is 1. The number of ether oxygens (including phenoxy) is 1. The molecule has 1 atom stereocenters. The molecule has 1 fully saturated rings. The Morgan fingerprint density at radius 2 is 2.03 bits per heavy atom. The minimum Gasteiger partial charge on any atom is -0.389 e. The zero-order valence-corrected chi connectivity index (χ0v) is 18.5. The number of methoxy groups -OCH3 is 1. The van der Waals surface area contributed by atoms with Gasteiger partial charge < -0.3 is 20.3 Å². The maximum atomic E-state index is 12.8. The van der Waals surface area contributed by atoms with Crippen LogP contribution in [0.5, 0.6) is 0 Å². The molecule has 1 heterocycles. The summed E-state index contributed by atoms with van der Waals surface area (Å²) < 4.78 is 6.62. The van der Waals surface area contributed by atoms with Gasteiger partial charge in [0.15, 0.2) is 0 Å². The number of carbonyl (C=O) groups excluding carboxylic acids is 1. The minimum absolute atomic E-state index is 0.0498. The zero-order valence-electron chi connectivity index (χ0n) is 17.8. The minimum atomic E-state index is -1.06. The molecule has 0 saturated heterocycles. The second-order valence-corrected chi connectivity index (χ2v) is 8.44. The van der Waals surface area contributed by atoms with Crippen LogP contribution in [0.1, 0.15) is 42.5 Å². The van der Waals surface area contributed by atoms with Gasteiger partial charge >= 0.3 is 5.69 Å². The first kappa shape index (κ1) is 24.1. The molecule has 0 radical (unpaired) electrons. The molecule has 2 aromatic rings. The highest BCUT2D eigenvalue weighted by Gasteiger charge is 2.30. The molecule has 1 amide bonds. The van der Waals surface area contributed by atoms with Gasteiger partial charge in [0.1, 0.15) is 6.20 Å². The van der Waals surface area contributed by atoms with E-state index in [0.29, 0.717) is 12.8 Å². The van der Waals surface area contributed by atoms with Crippen molar-refractivity contribution in [2.45, 2.75) is 50.4 Å². The van der Waals surface area contributed by atoms with E-state index in [-0.39, 0.29) is 36.0 Å². The molecule has 1 aromatic heterocycles. The number of halogens is 1. The SMILES string of the molecule is COC[C@H](O)Cn1c(=O)cnn(-c2ccc(Cl)c(C(=O)NCC3(O)CCCCC3)c2)c1=O. The molecule has 174 valence electrons. The summed E-state index contributed by atoms with van der Waals surface area (Å²) in [6.45, 7) is -0.216. The lowest BCUT2D eigenvalue weighted by molar-refractivity contribution is 0.00525. The van der Waals surface area contributed by atoms with Crippen LogP contribution >= 0.6 is 11.6 Å². The van der Waals surface area contributed by atoms with E-state index in [1.165, 1.54) is 25.3 Å². The van der Waals surface area contributed by atoms with E-state index in [1.54, 1.807) is 0 Å². The molecule has 1 saturated carbocycles. The first-order valence-electron chi connectivity index (χ1n) is 10.4. The summed E-state index contributed by atoms with van der Waals surface area (Å²) in [5.74, 6) is -0.493. The van der Waals surface area contributed by atoms with Crippen LogP contribution in [0.2, 0.25) is 5.02 Å². The molecule has 3 rings (SSSR count). The number of nitrogens with zero attached hydrogens (tertiary/aromatic N) is 3. The lowest BCUT2D eigenvalue weighted by atomic mass is 9.85. The second kappa shape index (κ2) is 10.4. The first-order chi connectivity index (χ1) is 15.2. The molecule has 0 spiro atoms. The normalized spacial score (nSPS) is 16.5. The van der Waals surface area contributed by atoms with Crippen molar-refractivity contribution >= 4 is 17.5 Å². The Morgan fingerprint density at radius 3 is 2.72 bits per heavy atom. The highest BCUT2D eigenvalue weighted by molar-refractivity contribution is 6.33. The van der Waals surface area contributed by atoms with Crippen LogP contribution in [0.25, 0.3) is 5.69 Å². The second-order valence-electron chi connectivity index (χ2n) is 8.03. The molecule has 0 aliphatic heterocycles. The molecule has 0 bridgehead atoms. The van der Waals surface area contributed by atoms with Crippen LogP contribution in [0, 0.1) is 0 Å². The van der Waals surface area contributed by atoms with E-state index in [0.717, 1.165) is 34.7 Å². The Balaban J connectivity index is 1.86. The standard InChI is InChI=1S/C21H27ClN4O6/c1-32-12-15(27)11-25-18(28)10-24-26(20(25)30)14-5-6-17(22)16(9-14)19(29)23-13-21(31)7-3-2-4-8-21/h5-6,9-10,15,27,31H,2-4,7-8,11-13H2,1H3,(H,23,29)/t15-/m1/s1. The van der Waals surface area contributed by atoms with Crippen LogP contribution in [0.4, 0.5) is 0 Å². The third kappa shape index (κ3) is 5.63. The van der Waals surface area contributed by atoms with E-state index < -0.39 is 28.9 Å². The Hall–Kier alpha value is -2.53. The van der Waals surface area contributed by atoms with Crippen LogP contribution in [0.3, 0.4) is 0 Å². The predicted octanol–water partition coefficient (Wildman–Crippen LogP) is 0.480. The zero-order chi connectivity index (χ0) is 23.3. The highest BCUT2D eigenvalue weighted by Crippen LogP contribution is 2.27. The molecule has 0 unspecified atom stereocenters. The van der Waals surface area contributed by atoms with Gasteiger partial charge in [0, 0.05) is 13.7 Å². The highest BCUT2D eigenvalue weighted by atomic mass is 35.5. The third-order valence-corrected chi connectivity index (χ3v) is 5.85. The molecule has 1 aliphatic carbocycles. The smallest absolute Gasteiger partial charge is 0.352 e. The maximum Gasteiger partial charge on any atom is 0.352 e. The van der Waals surface area contributed by atoms with Crippen molar-refractivity contribution in [3.05, 3.63) is 55.8 Å². The van der Waals surface area contributed by atoms with Crippen molar-refractivity contribution < 1.29 is 19.7 Å². The summed E-state index contributed by atoms with van der Waals surface area (Å²) in [4.78, 5) is 37.6. The van der Waals surface area contributed by atoms with Crippen molar-refractivity contribution in [2.75, 3.05) is 20.3 Å². The predicted molar refractivity (Wildman–Crippen MR) is 117 cm³/mol. The summed E-state index contributed by atoms with van der Waals surface area (Å²) in [7, 11) is 1.39. The molecule has 32 heavy (non-hydrogen) atoms. The van der Waals surface area contributed by atoms with Gasteiger partial charge in [-0.1, -0.05) is 30.9 Å². The number of aromatic nitrogens is 3. The van der Waals surface area contributed by atoms with Gasteiger partial charge in [-0.25, -0.2) is 4.79 Å². The monoisotopic (exact) mass is 466 g/mol. The Labute approximate surface area is 189 Å². The fraction of sp³-hybridized carbons (Fsp3) is 0.524. The number of carbonyl (C=O) groups is 1. The molecule has 10 nitrogen and oxygen atoms in total. The molecule has 1 aromatic carbocycles. The lowest BCUT2D eigenvalue weighted by Gasteiger charge is -2.32. The number of aliphatic hydroxyl groups excluding tert-OH is 1. The summed E-state index contributed by atoms with van der Waals surface area (Å²) >= 11 is 6.20. The largest absolute Gasteiger partial charge is 0.389 e. The number of hydrogen-bond donors (Lipinski definition) is 3. The number of aliphatic hydroxyl groups is 2. The fourth-order valence-electron chi connectivity index (χ4n) is 3.78. The van der Waals surface area contributed by atoms with Crippen LogP contribution in [0.15, 0.2) is 34.0 Å². The van der Waals surface area contributed by atoms with Gasteiger partial charge in [-0.3, -0.25) is 14.2 Å². The van der Waals surface area contributed by atoms with Crippen molar-refractivity contribution in [2.24, 2.45) is 0 Å². The average Bonchev–Trinajstić information content (AvgIpc) is 2.76. The van der Waals surface area contributed by atoms with Crippen molar-refractivity contribution in [1.29, 1.82) is 0 Å². The van der Waals surface area contributed by atoms with Crippen LogP contribution in [-0.4, -0.2) is 62.4 Å². The molecule has 1 aliphatic rings. The van der Waals surface area contributed by atoms with E-state index in [2.05, 4.69) is 10.4 Å². The van der Waals surface area contributed by atoms with Gasteiger partial charge in [-0.2, -0.15) is 9.78 Å². The van der Waals surface area contributed by atoms with E-state index >= 15 is 0 Å². The Morgan fingerprint density at radius 1 is 1.31 bits per heavy atom. The topological polar surface area (TPSA) is 136 Å². The Kier molecular flexibility index (Phi) is 7.83. The maximum absolute atomic E-state index is 12.8. The quantitative estimate of drug-likeness (QED) is 0.514. The molecule has 3 N–H and O–H groups in total. The van der Waals surface area contributed by atoms with Crippen molar-refractivity contribution in [3.8, 4) is 5.69 Å². The summed E-state index contributed by atoms with van der Waals surface area (Å²) in [6.07, 6.45) is 4.02. The lowest BCUT2D eigenvalue weighted by Crippen LogP contribution is -2.44. The van der Waals surface area contributed by atoms with E-state index in [4.69, 9.17) is 16.3 Å². The number of nitrogens with one attached hydrogen (secondary N) is 1. The molecular formula is C21H27ClN4O6. The summed E-state index contributed by atoms with van der Waals surface area (Å²) in [5, 5.41) is 27.3. The molecule has 11 heteroatoms. The fourth-order valence-corrected chi connectivity index (χ4v) is 3.98. The van der Waals surface area contributed by atoms with E-state index in [1.807, 2.05) is 0 Å². The van der Waals surface area contributed by atoms with Gasteiger partial charge in [0.05, 0.1) is 41.1 Å². The van der Waals surface area contributed by atoms with Crippen molar-refractivity contribution in [3.63, 3.8) is 0 Å². The van der Waals surface area contributed by atoms with Crippen LogP contribution in [-0.2, 0) is 11.3 Å². The Bertz CT molecular complexity index is 1080. The third-order valence-electron chi connectivity index (χ3n) is 5.52. The molecular weight excluding hydrogens is 440 g/mol. The van der Waals surface area contributed by atoms with Gasteiger partial charge in [-0.15, -0.1) is 0 Å². The van der Waals surface area contributed by atoms with Gasteiger partial charge in [-0.05, 0) is 31.0 Å². The first-order valence-corrected chi connectivity index (χ1v) is 10.8.